The van der Waals surface area contributed by atoms with Crippen LogP contribution in [0.5, 0.6) is 0 Å². The van der Waals surface area contributed by atoms with Crippen LogP contribution in [-0.4, -0.2) is 29.4 Å². The van der Waals surface area contributed by atoms with Gasteiger partial charge in [0.15, 0.2) is 5.78 Å². The highest BCUT2D eigenvalue weighted by atomic mass is 32.2. The van der Waals surface area contributed by atoms with Crippen molar-refractivity contribution in [1.82, 2.24) is 0 Å². The predicted molar refractivity (Wildman–Crippen MR) is 73.9 cm³/mol. The number of benzene rings is 1. The molecule has 0 saturated carbocycles. The van der Waals surface area contributed by atoms with Crippen molar-refractivity contribution >= 4 is 23.5 Å². The van der Waals surface area contributed by atoms with E-state index in [2.05, 4.69) is 13.8 Å². The molecule has 0 N–H and O–H groups in total. The predicted octanol–water partition coefficient (Wildman–Crippen LogP) is 2.94. The molecule has 1 aromatic carbocycles. The molecule has 98 valence electrons. The van der Waals surface area contributed by atoms with Crippen LogP contribution in [0.15, 0.2) is 30.3 Å². The van der Waals surface area contributed by atoms with Gasteiger partial charge in [0.1, 0.15) is 13.0 Å². The fourth-order valence-electron chi connectivity index (χ4n) is 1.35. The molecule has 3 nitrogen and oxygen atoms in total. The van der Waals surface area contributed by atoms with E-state index >= 15 is 0 Å². The lowest BCUT2D eigenvalue weighted by molar-refractivity contribution is -0.141. The molecule has 0 saturated heterocycles. The topological polar surface area (TPSA) is 43.4 Å². The highest BCUT2D eigenvalue weighted by molar-refractivity contribution is 7.99. The van der Waals surface area contributed by atoms with E-state index in [9.17, 15) is 9.59 Å². The van der Waals surface area contributed by atoms with Crippen molar-refractivity contribution in [3.63, 3.8) is 0 Å². The monoisotopic (exact) mass is 266 g/mol. The molecule has 0 heterocycles. The Bertz CT molecular complexity index is 387. The van der Waals surface area contributed by atoms with Gasteiger partial charge in [-0.1, -0.05) is 44.2 Å². The van der Waals surface area contributed by atoms with E-state index < -0.39 is 5.97 Å². The summed E-state index contributed by atoms with van der Waals surface area (Å²) < 4.78 is 5.00. The standard InChI is InChI=1S/C14H18O3S/c1-11(2)18-9-8-17-14(16)10-13(15)12-6-4-3-5-7-12/h3-7,11H,8-10H2,1-2H3. The van der Waals surface area contributed by atoms with Gasteiger partial charge in [-0.15, -0.1) is 0 Å². The molecule has 0 spiro atoms. The summed E-state index contributed by atoms with van der Waals surface area (Å²) in [5.74, 6) is 0.119. The molecule has 0 atom stereocenters. The Kier molecular flexibility index (Phi) is 6.50. The van der Waals surface area contributed by atoms with E-state index in [0.717, 1.165) is 5.75 Å². The van der Waals surface area contributed by atoms with Gasteiger partial charge in [-0.2, -0.15) is 11.8 Å². The van der Waals surface area contributed by atoms with Crippen molar-refractivity contribution in [2.24, 2.45) is 0 Å². The van der Waals surface area contributed by atoms with Crippen LogP contribution in [0.4, 0.5) is 0 Å². The van der Waals surface area contributed by atoms with Crippen LogP contribution in [0, 0.1) is 0 Å². The quantitative estimate of drug-likeness (QED) is 0.329. The lowest BCUT2D eigenvalue weighted by atomic mass is 10.1. The number of Topliss-reactive ketones (excluding diaryl/α,β-unsaturated/α-hetero) is 1. The van der Waals surface area contributed by atoms with Crippen molar-refractivity contribution < 1.29 is 14.3 Å². The van der Waals surface area contributed by atoms with E-state index in [1.807, 2.05) is 6.07 Å². The molecule has 0 unspecified atom stereocenters. The summed E-state index contributed by atoms with van der Waals surface area (Å²) in [5.41, 5.74) is 0.547. The van der Waals surface area contributed by atoms with E-state index in [0.29, 0.717) is 17.4 Å². The van der Waals surface area contributed by atoms with Gasteiger partial charge < -0.3 is 4.74 Å². The first-order valence-corrected chi connectivity index (χ1v) is 7.00. The van der Waals surface area contributed by atoms with Crippen LogP contribution in [0.1, 0.15) is 30.6 Å². The average Bonchev–Trinajstić information content (AvgIpc) is 2.35. The van der Waals surface area contributed by atoms with Gasteiger partial charge in [0.2, 0.25) is 0 Å². The third-order valence-corrected chi connectivity index (χ3v) is 3.27. The Labute approximate surface area is 112 Å². The minimum absolute atomic E-state index is 0.184. The summed E-state index contributed by atoms with van der Waals surface area (Å²) in [7, 11) is 0. The lowest BCUT2D eigenvalue weighted by Gasteiger charge is -2.06. The van der Waals surface area contributed by atoms with Crippen LogP contribution in [0.3, 0.4) is 0 Å². The highest BCUT2D eigenvalue weighted by Crippen LogP contribution is 2.08. The maximum absolute atomic E-state index is 11.7. The average molecular weight is 266 g/mol. The summed E-state index contributed by atoms with van der Waals surface area (Å²) in [6.45, 7) is 4.54. The van der Waals surface area contributed by atoms with Gasteiger partial charge >= 0.3 is 5.97 Å². The van der Waals surface area contributed by atoms with E-state index in [1.165, 1.54) is 0 Å². The molecule has 0 aliphatic carbocycles. The number of carbonyl (C=O) groups is 2. The van der Waals surface area contributed by atoms with Gasteiger partial charge in [-0.3, -0.25) is 9.59 Å². The zero-order valence-electron chi connectivity index (χ0n) is 10.7. The van der Waals surface area contributed by atoms with Crippen LogP contribution in [-0.2, 0) is 9.53 Å². The summed E-state index contributed by atoms with van der Waals surface area (Å²) in [6, 6.07) is 8.78. The number of carbonyl (C=O) groups excluding carboxylic acids is 2. The van der Waals surface area contributed by atoms with Gasteiger partial charge in [0.25, 0.3) is 0 Å². The first kappa shape index (κ1) is 14.8. The van der Waals surface area contributed by atoms with Crippen molar-refractivity contribution in [1.29, 1.82) is 0 Å². The molecular formula is C14H18O3S. The Morgan fingerprint density at radius 2 is 1.89 bits per heavy atom. The third-order valence-electron chi connectivity index (χ3n) is 2.20. The number of hydrogen-bond donors (Lipinski definition) is 0. The number of ketones is 1. The van der Waals surface area contributed by atoms with Gasteiger partial charge in [0.05, 0.1) is 0 Å². The second-order valence-corrected chi connectivity index (χ2v) is 5.79. The van der Waals surface area contributed by atoms with Crippen molar-refractivity contribution in [3.05, 3.63) is 35.9 Å². The van der Waals surface area contributed by atoms with Gasteiger partial charge in [-0.25, -0.2) is 0 Å². The van der Waals surface area contributed by atoms with Crippen LogP contribution >= 0.6 is 11.8 Å². The molecule has 0 aliphatic heterocycles. The first-order valence-electron chi connectivity index (χ1n) is 5.95. The summed E-state index contributed by atoms with van der Waals surface area (Å²) in [4.78, 5) is 23.1. The van der Waals surface area contributed by atoms with Crippen LogP contribution < -0.4 is 0 Å². The van der Waals surface area contributed by atoms with Crippen molar-refractivity contribution in [3.8, 4) is 0 Å². The second kappa shape index (κ2) is 7.93. The number of esters is 1. The maximum atomic E-state index is 11.7. The number of rotatable bonds is 7. The summed E-state index contributed by atoms with van der Waals surface area (Å²) in [6.07, 6.45) is -0.184. The molecule has 1 rings (SSSR count). The molecule has 1 aromatic rings. The minimum atomic E-state index is -0.451. The molecule has 4 heteroatoms. The fraction of sp³-hybridized carbons (Fsp3) is 0.429. The maximum Gasteiger partial charge on any atom is 0.313 e. The van der Waals surface area contributed by atoms with Crippen molar-refractivity contribution in [2.45, 2.75) is 25.5 Å². The van der Waals surface area contributed by atoms with E-state index in [1.54, 1.807) is 36.0 Å². The van der Waals surface area contributed by atoms with Crippen molar-refractivity contribution in [2.75, 3.05) is 12.4 Å². The highest BCUT2D eigenvalue weighted by Gasteiger charge is 2.12. The van der Waals surface area contributed by atoms with Crippen LogP contribution in [0.25, 0.3) is 0 Å². The number of hydrogen-bond acceptors (Lipinski definition) is 4. The number of ether oxygens (including phenoxy) is 1. The Balaban J connectivity index is 2.26. The van der Waals surface area contributed by atoms with E-state index in [4.69, 9.17) is 4.74 Å². The Morgan fingerprint density at radius 3 is 2.50 bits per heavy atom. The fourth-order valence-corrected chi connectivity index (χ4v) is 2.00. The normalized spacial score (nSPS) is 10.4. The van der Waals surface area contributed by atoms with Gasteiger partial charge in [0, 0.05) is 11.3 Å². The smallest absolute Gasteiger partial charge is 0.313 e. The number of thioether (sulfide) groups is 1. The van der Waals surface area contributed by atoms with Gasteiger partial charge in [-0.05, 0) is 5.25 Å². The zero-order chi connectivity index (χ0) is 13.4. The van der Waals surface area contributed by atoms with E-state index in [-0.39, 0.29) is 12.2 Å². The Morgan fingerprint density at radius 1 is 1.22 bits per heavy atom. The molecule has 0 aliphatic rings. The molecule has 0 aromatic heterocycles. The summed E-state index contributed by atoms with van der Waals surface area (Å²) in [5, 5.41) is 0.523. The third kappa shape index (κ3) is 5.87. The second-order valence-electron chi connectivity index (χ2n) is 4.11. The molecular weight excluding hydrogens is 248 g/mol. The molecule has 18 heavy (non-hydrogen) atoms. The largest absolute Gasteiger partial charge is 0.464 e. The minimum Gasteiger partial charge on any atom is -0.464 e. The zero-order valence-corrected chi connectivity index (χ0v) is 11.5. The Hall–Kier alpha value is -1.29. The molecule has 0 amide bonds. The SMILES string of the molecule is CC(C)SCCOC(=O)CC(=O)c1ccccc1. The molecule has 0 radical (unpaired) electrons. The summed E-state index contributed by atoms with van der Waals surface area (Å²) >= 11 is 1.73. The molecule has 0 bridgehead atoms. The molecule has 0 fully saturated rings. The van der Waals surface area contributed by atoms with Crippen LogP contribution in [0.2, 0.25) is 0 Å². The first-order chi connectivity index (χ1) is 8.59. The lowest BCUT2D eigenvalue weighted by Crippen LogP contribution is -2.13.